The highest BCUT2D eigenvalue weighted by Gasteiger charge is 2.21. The summed E-state index contributed by atoms with van der Waals surface area (Å²) in [5, 5.41) is 1.08. The zero-order valence-corrected chi connectivity index (χ0v) is 12.5. The van der Waals surface area contributed by atoms with Crippen LogP contribution in [0.2, 0.25) is 0 Å². The predicted molar refractivity (Wildman–Crippen MR) is 88.2 cm³/mol. The molecular formula is C16H19N3S. The number of para-hydroxylation sites is 1. The van der Waals surface area contributed by atoms with Gasteiger partial charge in [-0.1, -0.05) is 36.8 Å². The van der Waals surface area contributed by atoms with Crippen LogP contribution >= 0.6 is 12.2 Å². The molecule has 0 saturated heterocycles. The number of hydrogen-bond donors (Lipinski definition) is 1. The topological polar surface area (TPSA) is 42.2 Å². The number of aromatic nitrogens is 1. The first kappa shape index (κ1) is 13.3. The minimum atomic E-state index is 0.415. The van der Waals surface area contributed by atoms with Crippen LogP contribution < -0.4 is 10.6 Å². The fraction of sp³-hybridized carbons (Fsp3) is 0.375. The summed E-state index contributed by atoms with van der Waals surface area (Å²) in [7, 11) is 2.08. The zero-order chi connectivity index (χ0) is 14.1. The lowest BCUT2D eigenvalue weighted by Crippen LogP contribution is -2.31. The lowest BCUT2D eigenvalue weighted by molar-refractivity contribution is 0.321. The van der Waals surface area contributed by atoms with Crippen molar-refractivity contribution >= 4 is 33.9 Å². The van der Waals surface area contributed by atoms with E-state index in [0.29, 0.717) is 4.99 Å². The molecule has 3 rings (SSSR count). The molecule has 1 fully saturated rings. The molecule has 104 valence electrons. The van der Waals surface area contributed by atoms with Crippen LogP contribution in [0, 0.1) is 5.92 Å². The minimum absolute atomic E-state index is 0.415. The highest BCUT2D eigenvalue weighted by molar-refractivity contribution is 7.80. The Kier molecular flexibility index (Phi) is 3.57. The summed E-state index contributed by atoms with van der Waals surface area (Å²) in [6, 6.07) is 10.1. The van der Waals surface area contributed by atoms with Crippen LogP contribution in [0.5, 0.6) is 0 Å². The van der Waals surface area contributed by atoms with Crippen LogP contribution in [-0.4, -0.2) is 23.6 Å². The Balaban J connectivity index is 2.01. The second kappa shape index (κ2) is 5.37. The molecule has 0 amide bonds. The van der Waals surface area contributed by atoms with Crippen LogP contribution in [0.15, 0.2) is 30.3 Å². The van der Waals surface area contributed by atoms with Gasteiger partial charge in [0.25, 0.3) is 0 Å². The highest BCUT2D eigenvalue weighted by Crippen LogP contribution is 2.29. The fourth-order valence-corrected chi connectivity index (χ4v) is 2.88. The molecule has 1 heterocycles. The number of fused-ring (bicyclic) bond motifs is 1. The monoisotopic (exact) mass is 285 g/mol. The standard InChI is InChI=1S/C16H19N3S/c1-19(10-11-5-4-6-11)16-13(15(17)20)9-12-7-2-3-8-14(12)18-16/h2-3,7-9,11H,4-6,10H2,1H3,(H2,17,20). The van der Waals surface area contributed by atoms with Gasteiger partial charge in [0.15, 0.2) is 0 Å². The largest absolute Gasteiger partial charge is 0.389 e. The van der Waals surface area contributed by atoms with E-state index in [9.17, 15) is 0 Å². The third-order valence-electron chi connectivity index (χ3n) is 4.09. The molecule has 1 saturated carbocycles. The van der Waals surface area contributed by atoms with E-state index in [1.54, 1.807) is 0 Å². The van der Waals surface area contributed by atoms with E-state index in [-0.39, 0.29) is 0 Å². The normalized spacial score (nSPS) is 15.1. The van der Waals surface area contributed by atoms with E-state index < -0.39 is 0 Å². The first-order valence-electron chi connectivity index (χ1n) is 7.06. The summed E-state index contributed by atoms with van der Waals surface area (Å²) in [5.41, 5.74) is 7.75. The van der Waals surface area contributed by atoms with Crippen molar-refractivity contribution < 1.29 is 0 Å². The third-order valence-corrected chi connectivity index (χ3v) is 4.31. The average Bonchev–Trinajstić information content (AvgIpc) is 2.41. The molecule has 2 aromatic rings. The molecule has 1 aliphatic rings. The number of nitrogens with two attached hydrogens (primary N) is 1. The number of anilines is 1. The molecule has 0 spiro atoms. The predicted octanol–water partition coefficient (Wildman–Crippen LogP) is 3.11. The second-order valence-corrected chi connectivity index (χ2v) is 6.03. The van der Waals surface area contributed by atoms with Gasteiger partial charge in [0, 0.05) is 19.0 Å². The SMILES string of the molecule is CN(CC1CCC1)c1nc2ccccc2cc1C(N)=S. The maximum Gasteiger partial charge on any atom is 0.139 e. The molecule has 0 unspecified atom stereocenters. The highest BCUT2D eigenvalue weighted by atomic mass is 32.1. The Morgan fingerprint density at radius 1 is 1.40 bits per heavy atom. The average molecular weight is 285 g/mol. The Hall–Kier alpha value is -1.68. The molecule has 0 aliphatic heterocycles. The van der Waals surface area contributed by atoms with Gasteiger partial charge in [-0.15, -0.1) is 0 Å². The van der Waals surface area contributed by atoms with Gasteiger partial charge in [0.05, 0.1) is 11.1 Å². The van der Waals surface area contributed by atoms with Crippen molar-refractivity contribution in [2.24, 2.45) is 11.7 Å². The van der Waals surface area contributed by atoms with E-state index >= 15 is 0 Å². The molecule has 0 radical (unpaired) electrons. The van der Waals surface area contributed by atoms with Crippen LogP contribution in [0.3, 0.4) is 0 Å². The Morgan fingerprint density at radius 2 is 2.15 bits per heavy atom. The van der Waals surface area contributed by atoms with Gasteiger partial charge in [-0.3, -0.25) is 0 Å². The molecule has 0 bridgehead atoms. The lowest BCUT2D eigenvalue weighted by Gasteiger charge is -2.31. The first-order valence-corrected chi connectivity index (χ1v) is 7.46. The first-order chi connectivity index (χ1) is 9.65. The number of pyridine rings is 1. The van der Waals surface area contributed by atoms with Crippen LogP contribution in [0.1, 0.15) is 24.8 Å². The summed E-state index contributed by atoms with van der Waals surface area (Å²) in [5.74, 6) is 1.69. The van der Waals surface area contributed by atoms with Gasteiger partial charge < -0.3 is 10.6 Å². The second-order valence-electron chi connectivity index (χ2n) is 5.59. The van der Waals surface area contributed by atoms with Gasteiger partial charge in [-0.25, -0.2) is 4.98 Å². The van der Waals surface area contributed by atoms with Crippen LogP contribution in [0.25, 0.3) is 10.9 Å². The van der Waals surface area contributed by atoms with Gasteiger partial charge in [0.1, 0.15) is 10.8 Å². The van der Waals surface area contributed by atoms with Gasteiger partial charge in [0.2, 0.25) is 0 Å². The molecule has 20 heavy (non-hydrogen) atoms. The van der Waals surface area contributed by atoms with Crippen molar-refractivity contribution in [3.05, 3.63) is 35.9 Å². The molecule has 3 nitrogen and oxygen atoms in total. The number of thiocarbonyl (C=S) groups is 1. The van der Waals surface area contributed by atoms with Crippen molar-refractivity contribution in [2.45, 2.75) is 19.3 Å². The maximum absolute atomic E-state index is 5.89. The maximum atomic E-state index is 5.89. The quantitative estimate of drug-likeness (QED) is 0.877. The lowest BCUT2D eigenvalue weighted by atomic mass is 9.85. The Labute approximate surface area is 124 Å². The zero-order valence-electron chi connectivity index (χ0n) is 11.7. The minimum Gasteiger partial charge on any atom is -0.389 e. The van der Waals surface area contributed by atoms with Gasteiger partial charge in [-0.05, 0) is 30.9 Å². The summed E-state index contributed by atoms with van der Waals surface area (Å²) in [6.07, 6.45) is 3.99. The van der Waals surface area contributed by atoms with Crippen molar-refractivity contribution in [2.75, 3.05) is 18.5 Å². The molecule has 4 heteroatoms. The fourth-order valence-electron chi connectivity index (χ4n) is 2.73. The Morgan fingerprint density at radius 3 is 2.80 bits per heavy atom. The number of rotatable bonds is 4. The molecule has 0 atom stereocenters. The van der Waals surface area contributed by atoms with Gasteiger partial charge >= 0.3 is 0 Å². The number of hydrogen-bond acceptors (Lipinski definition) is 3. The third kappa shape index (κ3) is 2.48. The smallest absolute Gasteiger partial charge is 0.139 e. The van der Waals surface area contributed by atoms with E-state index in [2.05, 4.69) is 18.0 Å². The van der Waals surface area contributed by atoms with E-state index in [1.807, 2.05) is 24.3 Å². The molecule has 2 N–H and O–H groups in total. The summed E-state index contributed by atoms with van der Waals surface area (Å²) in [4.78, 5) is 7.38. The molecule has 1 aromatic heterocycles. The van der Waals surface area contributed by atoms with E-state index in [4.69, 9.17) is 22.9 Å². The van der Waals surface area contributed by atoms with Crippen molar-refractivity contribution in [3.63, 3.8) is 0 Å². The van der Waals surface area contributed by atoms with Crippen molar-refractivity contribution in [1.29, 1.82) is 0 Å². The van der Waals surface area contributed by atoms with Crippen molar-refractivity contribution in [1.82, 2.24) is 4.98 Å². The summed E-state index contributed by atoms with van der Waals surface area (Å²) >= 11 is 5.20. The van der Waals surface area contributed by atoms with Gasteiger partial charge in [-0.2, -0.15) is 0 Å². The van der Waals surface area contributed by atoms with E-state index in [1.165, 1.54) is 19.3 Å². The van der Waals surface area contributed by atoms with Crippen molar-refractivity contribution in [3.8, 4) is 0 Å². The van der Waals surface area contributed by atoms with Crippen LogP contribution in [-0.2, 0) is 0 Å². The summed E-state index contributed by atoms with van der Waals surface area (Å²) < 4.78 is 0. The Bertz CT molecular complexity index is 649. The van der Waals surface area contributed by atoms with E-state index in [0.717, 1.165) is 34.7 Å². The summed E-state index contributed by atoms with van der Waals surface area (Å²) in [6.45, 7) is 1.03. The molecule has 1 aromatic carbocycles. The molecular weight excluding hydrogens is 266 g/mol. The molecule has 1 aliphatic carbocycles. The number of benzene rings is 1. The van der Waals surface area contributed by atoms with Crippen LogP contribution in [0.4, 0.5) is 5.82 Å². The number of nitrogens with zero attached hydrogens (tertiary/aromatic N) is 2.